The van der Waals surface area contributed by atoms with Gasteiger partial charge in [-0.1, -0.05) is 19.9 Å². The minimum absolute atomic E-state index is 0.0984. The molecule has 0 heterocycles. The molecule has 0 radical (unpaired) electrons. The number of anilines is 1. The van der Waals surface area contributed by atoms with Crippen molar-refractivity contribution in [2.45, 2.75) is 20.3 Å². The molecular weight excluding hydrogens is 244 g/mol. The zero-order chi connectivity index (χ0) is 14.4. The van der Waals surface area contributed by atoms with Crippen LogP contribution >= 0.6 is 0 Å². The first kappa shape index (κ1) is 14.7. The SMILES string of the molecule is CC(C)C(=O)N(CCC(=O)O)c1cccc(C#N)c1. The van der Waals surface area contributed by atoms with Gasteiger partial charge in [-0.25, -0.2) is 0 Å². The highest BCUT2D eigenvalue weighted by molar-refractivity contribution is 5.95. The van der Waals surface area contributed by atoms with Crippen molar-refractivity contribution in [3.05, 3.63) is 29.8 Å². The van der Waals surface area contributed by atoms with Gasteiger partial charge in [0.15, 0.2) is 0 Å². The number of aliphatic carboxylic acids is 1. The number of carboxylic acid groups (broad SMARTS) is 1. The number of nitriles is 1. The van der Waals surface area contributed by atoms with Gasteiger partial charge in [-0.3, -0.25) is 9.59 Å². The second-order valence-electron chi connectivity index (χ2n) is 4.45. The van der Waals surface area contributed by atoms with Crippen molar-refractivity contribution in [1.82, 2.24) is 0 Å². The quantitative estimate of drug-likeness (QED) is 0.878. The molecule has 0 saturated carbocycles. The molecule has 0 fully saturated rings. The van der Waals surface area contributed by atoms with Crippen LogP contribution in [0.15, 0.2) is 24.3 Å². The normalized spacial score (nSPS) is 10.0. The lowest BCUT2D eigenvalue weighted by molar-refractivity contribution is -0.136. The molecule has 0 aromatic heterocycles. The number of rotatable bonds is 5. The number of nitrogens with zero attached hydrogens (tertiary/aromatic N) is 2. The topological polar surface area (TPSA) is 81.4 Å². The van der Waals surface area contributed by atoms with E-state index in [2.05, 4.69) is 0 Å². The van der Waals surface area contributed by atoms with Crippen LogP contribution in [-0.4, -0.2) is 23.5 Å². The molecule has 1 N–H and O–H groups in total. The zero-order valence-electron chi connectivity index (χ0n) is 11.0. The smallest absolute Gasteiger partial charge is 0.305 e. The largest absolute Gasteiger partial charge is 0.481 e. The summed E-state index contributed by atoms with van der Waals surface area (Å²) in [5.74, 6) is -1.35. The number of carbonyl (C=O) groups excluding carboxylic acids is 1. The van der Waals surface area contributed by atoms with Gasteiger partial charge in [0.05, 0.1) is 18.1 Å². The second kappa shape index (κ2) is 6.55. The van der Waals surface area contributed by atoms with Crippen LogP contribution in [0.1, 0.15) is 25.8 Å². The monoisotopic (exact) mass is 260 g/mol. The summed E-state index contributed by atoms with van der Waals surface area (Å²) in [5, 5.41) is 17.6. The summed E-state index contributed by atoms with van der Waals surface area (Å²) in [5.41, 5.74) is 0.994. The molecule has 19 heavy (non-hydrogen) atoms. The van der Waals surface area contributed by atoms with Crippen LogP contribution in [0.4, 0.5) is 5.69 Å². The average Bonchev–Trinajstić information content (AvgIpc) is 2.38. The fourth-order valence-corrected chi connectivity index (χ4v) is 1.63. The van der Waals surface area contributed by atoms with Crippen molar-refractivity contribution >= 4 is 17.6 Å². The molecule has 1 aromatic carbocycles. The Bertz CT molecular complexity index is 518. The number of hydrogen-bond donors (Lipinski definition) is 1. The van der Waals surface area contributed by atoms with Gasteiger partial charge in [0, 0.05) is 18.2 Å². The molecule has 1 amide bonds. The summed E-state index contributed by atoms with van der Waals surface area (Å²) >= 11 is 0. The van der Waals surface area contributed by atoms with E-state index >= 15 is 0 Å². The molecule has 5 heteroatoms. The van der Waals surface area contributed by atoms with Crippen molar-refractivity contribution in [2.24, 2.45) is 5.92 Å². The van der Waals surface area contributed by atoms with Gasteiger partial charge in [-0.2, -0.15) is 5.26 Å². The first-order valence-electron chi connectivity index (χ1n) is 5.99. The van der Waals surface area contributed by atoms with E-state index in [0.29, 0.717) is 11.3 Å². The number of amides is 1. The van der Waals surface area contributed by atoms with Gasteiger partial charge in [-0.15, -0.1) is 0 Å². The molecule has 1 aromatic rings. The highest BCUT2D eigenvalue weighted by Gasteiger charge is 2.19. The zero-order valence-corrected chi connectivity index (χ0v) is 11.0. The van der Waals surface area contributed by atoms with Crippen LogP contribution in [0.5, 0.6) is 0 Å². The van der Waals surface area contributed by atoms with E-state index in [0.717, 1.165) is 0 Å². The van der Waals surface area contributed by atoms with Crippen LogP contribution < -0.4 is 4.90 Å². The molecule has 100 valence electrons. The Labute approximate surface area is 112 Å². The van der Waals surface area contributed by atoms with Gasteiger partial charge in [-0.05, 0) is 18.2 Å². The van der Waals surface area contributed by atoms with Gasteiger partial charge < -0.3 is 10.0 Å². The molecule has 5 nitrogen and oxygen atoms in total. The van der Waals surface area contributed by atoms with E-state index in [1.54, 1.807) is 38.1 Å². The van der Waals surface area contributed by atoms with Crippen LogP contribution in [0.3, 0.4) is 0 Å². The lowest BCUT2D eigenvalue weighted by Gasteiger charge is -2.24. The standard InChI is InChI=1S/C14H16N2O3/c1-10(2)14(19)16(7-6-13(17)18)12-5-3-4-11(8-12)9-15/h3-5,8,10H,6-7H2,1-2H3,(H,17,18). The lowest BCUT2D eigenvalue weighted by atomic mass is 10.1. The third-order valence-electron chi connectivity index (χ3n) is 2.60. The van der Waals surface area contributed by atoms with E-state index in [-0.39, 0.29) is 24.8 Å². The first-order valence-corrected chi connectivity index (χ1v) is 5.99. The third-order valence-corrected chi connectivity index (χ3v) is 2.60. The Hall–Kier alpha value is -2.35. The van der Waals surface area contributed by atoms with E-state index < -0.39 is 5.97 Å². The third kappa shape index (κ3) is 4.11. The number of carboxylic acids is 1. The average molecular weight is 260 g/mol. The Morgan fingerprint density at radius 3 is 2.63 bits per heavy atom. The molecule has 0 saturated heterocycles. The first-order chi connectivity index (χ1) is 8.95. The minimum atomic E-state index is -0.960. The maximum absolute atomic E-state index is 12.1. The predicted octanol–water partition coefficient (Wildman–Crippen LogP) is 2.02. The predicted molar refractivity (Wildman–Crippen MR) is 70.6 cm³/mol. The maximum Gasteiger partial charge on any atom is 0.305 e. The summed E-state index contributed by atoms with van der Waals surface area (Å²) < 4.78 is 0. The molecule has 0 bridgehead atoms. The molecule has 0 spiro atoms. The van der Waals surface area contributed by atoms with E-state index in [4.69, 9.17) is 10.4 Å². The van der Waals surface area contributed by atoms with Crippen molar-refractivity contribution < 1.29 is 14.7 Å². The van der Waals surface area contributed by atoms with Crippen LogP contribution in [0.25, 0.3) is 0 Å². The van der Waals surface area contributed by atoms with Gasteiger partial charge in [0.25, 0.3) is 0 Å². The van der Waals surface area contributed by atoms with Crippen molar-refractivity contribution in [1.29, 1.82) is 5.26 Å². The number of benzene rings is 1. The molecule has 0 aliphatic heterocycles. The fraction of sp³-hybridized carbons (Fsp3) is 0.357. The Balaban J connectivity index is 3.04. The summed E-state index contributed by atoms with van der Waals surface area (Å²) in [7, 11) is 0. The van der Waals surface area contributed by atoms with Crippen LogP contribution in [0, 0.1) is 17.2 Å². The van der Waals surface area contributed by atoms with E-state index in [1.807, 2.05) is 6.07 Å². The Morgan fingerprint density at radius 1 is 1.42 bits per heavy atom. The van der Waals surface area contributed by atoms with E-state index in [1.165, 1.54) is 4.90 Å². The van der Waals surface area contributed by atoms with Crippen molar-refractivity contribution in [3.63, 3.8) is 0 Å². The van der Waals surface area contributed by atoms with Crippen molar-refractivity contribution in [3.8, 4) is 6.07 Å². The molecular formula is C14H16N2O3. The molecule has 0 atom stereocenters. The summed E-state index contributed by atoms with van der Waals surface area (Å²) in [6, 6.07) is 8.60. The lowest BCUT2D eigenvalue weighted by Crippen LogP contribution is -2.36. The van der Waals surface area contributed by atoms with Gasteiger partial charge in [0.2, 0.25) is 5.91 Å². The Morgan fingerprint density at radius 2 is 2.11 bits per heavy atom. The summed E-state index contributed by atoms with van der Waals surface area (Å²) in [6.45, 7) is 3.61. The fourth-order valence-electron chi connectivity index (χ4n) is 1.63. The molecule has 1 rings (SSSR count). The summed E-state index contributed by atoms with van der Waals surface area (Å²) in [4.78, 5) is 24.2. The van der Waals surface area contributed by atoms with Crippen LogP contribution in [0.2, 0.25) is 0 Å². The number of carbonyl (C=O) groups is 2. The maximum atomic E-state index is 12.1. The molecule has 0 unspecified atom stereocenters. The van der Waals surface area contributed by atoms with Crippen molar-refractivity contribution in [2.75, 3.05) is 11.4 Å². The highest BCUT2D eigenvalue weighted by Crippen LogP contribution is 2.18. The second-order valence-corrected chi connectivity index (χ2v) is 4.45. The Kier molecular flexibility index (Phi) is 5.07. The highest BCUT2D eigenvalue weighted by atomic mass is 16.4. The van der Waals surface area contributed by atoms with E-state index in [9.17, 15) is 9.59 Å². The van der Waals surface area contributed by atoms with Crippen LogP contribution in [-0.2, 0) is 9.59 Å². The van der Waals surface area contributed by atoms with Gasteiger partial charge in [0.1, 0.15) is 0 Å². The van der Waals surface area contributed by atoms with Gasteiger partial charge >= 0.3 is 5.97 Å². The molecule has 0 aliphatic rings. The minimum Gasteiger partial charge on any atom is -0.481 e. The summed E-state index contributed by atoms with van der Waals surface area (Å²) in [6.07, 6.45) is -0.130. The number of hydrogen-bond acceptors (Lipinski definition) is 3. The molecule has 0 aliphatic carbocycles.